The van der Waals surface area contributed by atoms with Crippen LogP contribution in [0.5, 0.6) is 0 Å². The fourth-order valence-electron chi connectivity index (χ4n) is 2.68. The third kappa shape index (κ3) is 3.50. The first-order valence-electron chi connectivity index (χ1n) is 6.77. The van der Waals surface area contributed by atoms with Gasteiger partial charge in [-0.25, -0.2) is 9.59 Å². The van der Waals surface area contributed by atoms with Gasteiger partial charge in [-0.1, -0.05) is 26.0 Å². The Morgan fingerprint density at radius 1 is 1.30 bits per heavy atom. The molecule has 5 nitrogen and oxygen atoms in total. The molecule has 1 atom stereocenters. The first-order valence-corrected chi connectivity index (χ1v) is 6.77. The van der Waals surface area contributed by atoms with Crippen molar-refractivity contribution in [3.63, 3.8) is 0 Å². The van der Waals surface area contributed by atoms with E-state index in [4.69, 9.17) is 5.11 Å². The molecule has 20 heavy (non-hydrogen) atoms. The second kappa shape index (κ2) is 5.53. The van der Waals surface area contributed by atoms with Crippen molar-refractivity contribution >= 4 is 17.7 Å². The van der Waals surface area contributed by atoms with E-state index in [1.165, 1.54) is 6.07 Å². The smallest absolute Gasteiger partial charge is 0.337 e. The van der Waals surface area contributed by atoms with Gasteiger partial charge in [0.2, 0.25) is 0 Å². The van der Waals surface area contributed by atoms with Gasteiger partial charge < -0.3 is 15.7 Å². The lowest BCUT2D eigenvalue weighted by atomic mass is 9.92. The molecule has 0 aromatic heterocycles. The van der Waals surface area contributed by atoms with Crippen LogP contribution in [0.4, 0.5) is 10.5 Å². The number of hydrogen-bond donors (Lipinski definition) is 3. The monoisotopic (exact) mass is 276 g/mol. The second-order valence-corrected chi connectivity index (χ2v) is 6.05. The summed E-state index contributed by atoms with van der Waals surface area (Å²) in [5, 5.41) is 14.6. The summed E-state index contributed by atoms with van der Waals surface area (Å²) < 4.78 is 0. The van der Waals surface area contributed by atoms with E-state index in [1.807, 2.05) is 0 Å². The molecule has 0 aliphatic heterocycles. The number of amides is 2. The summed E-state index contributed by atoms with van der Waals surface area (Å²) in [5.74, 6) is -1.05. The highest BCUT2D eigenvalue weighted by Gasteiger charge is 2.31. The molecule has 108 valence electrons. The Hall–Kier alpha value is -2.04. The number of carboxylic acid groups (broad SMARTS) is 1. The molecule has 1 saturated carbocycles. The van der Waals surface area contributed by atoms with Gasteiger partial charge in [-0.2, -0.15) is 0 Å². The molecule has 1 aromatic rings. The Morgan fingerprint density at radius 3 is 2.60 bits per heavy atom. The third-order valence-electron chi connectivity index (χ3n) is 3.71. The topological polar surface area (TPSA) is 78.4 Å². The number of aromatic carboxylic acids is 1. The third-order valence-corrected chi connectivity index (χ3v) is 3.71. The Balaban J connectivity index is 1.97. The standard InChI is InChI=1S/C15H20N2O3/c1-15(2)8-7-10(9-15)16-14(20)17-12-6-4-3-5-11(12)13(18)19/h3-6,10H,7-9H2,1-2H3,(H,18,19)(H2,16,17,20). The molecule has 1 unspecified atom stereocenters. The van der Waals surface area contributed by atoms with E-state index in [2.05, 4.69) is 24.5 Å². The minimum Gasteiger partial charge on any atom is -0.478 e. The Kier molecular flexibility index (Phi) is 3.97. The lowest BCUT2D eigenvalue weighted by Gasteiger charge is -2.18. The quantitative estimate of drug-likeness (QED) is 0.793. The van der Waals surface area contributed by atoms with E-state index in [9.17, 15) is 9.59 Å². The van der Waals surface area contributed by atoms with E-state index in [-0.39, 0.29) is 23.1 Å². The zero-order valence-electron chi connectivity index (χ0n) is 11.8. The molecule has 1 aliphatic rings. The number of anilines is 1. The predicted octanol–water partition coefficient (Wildman–Crippen LogP) is 3.09. The number of carbonyl (C=O) groups excluding carboxylic acids is 1. The summed E-state index contributed by atoms with van der Waals surface area (Å²) in [6.45, 7) is 4.37. The molecule has 0 saturated heterocycles. The van der Waals surface area contributed by atoms with Gasteiger partial charge >= 0.3 is 12.0 Å². The normalized spacial score (nSPS) is 20.4. The van der Waals surface area contributed by atoms with E-state index in [1.54, 1.807) is 18.2 Å². The van der Waals surface area contributed by atoms with E-state index in [0.717, 1.165) is 19.3 Å². The van der Waals surface area contributed by atoms with Crippen LogP contribution in [0.2, 0.25) is 0 Å². The second-order valence-electron chi connectivity index (χ2n) is 6.05. The van der Waals surface area contributed by atoms with Crippen molar-refractivity contribution in [2.75, 3.05) is 5.32 Å². The van der Waals surface area contributed by atoms with Gasteiger partial charge in [-0.3, -0.25) is 0 Å². The van der Waals surface area contributed by atoms with Gasteiger partial charge in [0.1, 0.15) is 0 Å². The van der Waals surface area contributed by atoms with Gasteiger partial charge in [0.15, 0.2) is 0 Å². The fraction of sp³-hybridized carbons (Fsp3) is 0.467. The van der Waals surface area contributed by atoms with Crippen molar-refractivity contribution in [1.29, 1.82) is 0 Å². The Bertz CT molecular complexity index is 526. The van der Waals surface area contributed by atoms with Gasteiger partial charge in [-0.05, 0) is 36.8 Å². The average molecular weight is 276 g/mol. The van der Waals surface area contributed by atoms with Crippen molar-refractivity contribution in [1.82, 2.24) is 5.32 Å². The van der Waals surface area contributed by atoms with Crippen LogP contribution in [0.15, 0.2) is 24.3 Å². The van der Waals surface area contributed by atoms with Gasteiger partial charge in [-0.15, -0.1) is 0 Å². The van der Waals surface area contributed by atoms with Crippen LogP contribution in [0.25, 0.3) is 0 Å². The van der Waals surface area contributed by atoms with Crippen LogP contribution in [0.3, 0.4) is 0 Å². The van der Waals surface area contributed by atoms with E-state index >= 15 is 0 Å². The molecular formula is C15H20N2O3. The highest BCUT2D eigenvalue weighted by Crippen LogP contribution is 2.36. The SMILES string of the molecule is CC1(C)CCC(NC(=O)Nc2ccccc2C(=O)O)C1. The maximum Gasteiger partial charge on any atom is 0.337 e. The van der Waals surface area contributed by atoms with Crippen LogP contribution in [0, 0.1) is 5.41 Å². The molecule has 2 amide bonds. The number of carbonyl (C=O) groups is 2. The molecule has 1 aromatic carbocycles. The molecule has 0 heterocycles. The largest absolute Gasteiger partial charge is 0.478 e. The molecule has 5 heteroatoms. The summed E-state index contributed by atoms with van der Waals surface area (Å²) in [7, 11) is 0. The molecule has 2 rings (SSSR count). The van der Waals surface area contributed by atoms with Crippen LogP contribution in [0.1, 0.15) is 43.5 Å². The molecule has 0 radical (unpaired) electrons. The fourth-order valence-corrected chi connectivity index (χ4v) is 2.68. The average Bonchev–Trinajstić information content (AvgIpc) is 2.68. The summed E-state index contributed by atoms with van der Waals surface area (Å²) in [6, 6.07) is 6.19. The number of urea groups is 1. The Morgan fingerprint density at radius 2 is 2.00 bits per heavy atom. The molecule has 0 spiro atoms. The Labute approximate surface area is 118 Å². The van der Waals surface area contributed by atoms with Gasteiger partial charge in [0.25, 0.3) is 0 Å². The lowest BCUT2D eigenvalue weighted by Crippen LogP contribution is -2.37. The predicted molar refractivity (Wildman–Crippen MR) is 77.0 cm³/mol. The van der Waals surface area contributed by atoms with Crippen LogP contribution >= 0.6 is 0 Å². The van der Waals surface area contributed by atoms with Crippen molar-refractivity contribution < 1.29 is 14.7 Å². The van der Waals surface area contributed by atoms with Gasteiger partial charge in [0.05, 0.1) is 11.3 Å². The number of nitrogens with one attached hydrogen (secondary N) is 2. The molecule has 0 bridgehead atoms. The number of para-hydroxylation sites is 1. The minimum absolute atomic E-state index is 0.0920. The molecule has 3 N–H and O–H groups in total. The molecular weight excluding hydrogens is 256 g/mol. The summed E-state index contributed by atoms with van der Waals surface area (Å²) in [4.78, 5) is 23.0. The lowest BCUT2D eigenvalue weighted by molar-refractivity contribution is 0.0698. The van der Waals surface area contributed by atoms with E-state index < -0.39 is 5.97 Å². The zero-order chi connectivity index (χ0) is 14.8. The maximum atomic E-state index is 11.9. The van der Waals surface area contributed by atoms with Crippen LogP contribution < -0.4 is 10.6 Å². The van der Waals surface area contributed by atoms with E-state index in [0.29, 0.717) is 5.69 Å². The van der Waals surface area contributed by atoms with Crippen LogP contribution in [-0.4, -0.2) is 23.1 Å². The minimum atomic E-state index is -1.05. The number of hydrogen-bond acceptors (Lipinski definition) is 2. The highest BCUT2D eigenvalue weighted by molar-refractivity contribution is 6.00. The summed E-state index contributed by atoms with van der Waals surface area (Å²) in [5.41, 5.74) is 0.667. The zero-order valence-corrected chi connectivity index (χ0v) is 11.8. The maximum absolute atomic E-state index is 11.9. The van der Waals surface area contributed by atoms with Crippen molar-refractivity contribution in [3.8, 4) is 0 Å². The van der Waals surface area contributed by atoms with Crippen molar-refractivity contribution in [2.24, 2.45) is 5.41 Å². The first kappa shape index (κ1) is 14.4. The summed E-state index contributed by atoms with van der Waals surface area (Å²) >= 11 is 0. The highest BCUT2D eigenvalue weighted by atomic mass is 16.4. The molecule has 1 aliphatic carbocycles. The first-order chi connectivity index (χ1) is 9.37. The summed E-state index contributed by atoms with van der Waals surface area (Å²) in [6.07, 6.45) is 2.99. The number of rotatable bonds is 3. The van der Waals surface area contributed by atoms with Crippen molar-refractivity contribution in [3.05, 3.63) is 29.8 Å². The van der Waals surface area contributed by atoms with Crippen molar-refractivity contribution in [2.45, 2.75) is 39.2 Å². The van der Waals surface area contributed by atoms with Crippen LogP contribution in [-0.2, 0) is 0 Å². The van der Waals surface area contributed by atoms with Gasteiger partial charge in [0, 0.05) is 6.04 Å². The number of benzene rings is 1. The number of carboxylic acids is 1. The molecule has 1 fully saturated rings.